The van der Waals surface area contributed by atoms with Crippen LogP contribution in [0.4, 0.5) is 0 Å². The van der Waals surface area contributed by atoms with Crippen molar-refractivity contribution in [1.29, 1.82) is 0 Å². The summed E-state index contributed by atoms with van der Waals surface area (Å²) in [6.07, 6.45) is 1.66. The van der Waals surface area contributed by atoms with Crippen molar-refractivity contribution in [2.24, 2.45) is 0 Å². The van der Waals surface area contributed by atoms with Crippen LogP contribution in [0.25, 0.3) is 0 Å². The molecule has 0 aliphatic heterocycles. The molecule has 4 heteroatoms. The summed E-state index contributed by atoms with van der Waals surface area (Å²) in [6.45, 7) is 4.31. The van der Waals surface area contributed by atoms with Crippen LogP contribution in [0.3, 0.4) is 0 Å². The number of hydrogen-bond acceptors (Lipinski definition) is 4. The summed E-state index contributed by atoms with van der Waals surface area (Å²) in [4.78, 5) is 24.8. The first-order valence-corrected chi connectivity index (χ1v) is 8.67. The summed E-state index contributed by atoms with van der Waals surface area (Å²) in [5.41, 5.74) is 2.18. The Bertz CT molecular complexity index is 677. The van der Waals surface area contributed by atoms with Gasteiger partial charge < -0.3 is 9.47 Å². The topological polar surface area (TPSA) is 52.6 Å². The monoisotopic (exact) mass is 340 g/mol. The van der Waals surface area contributed by atoms with E-state index >= 15 is 0 Å². The minimum absolute atomic E-state index is 0.297. The summed E-state index contributed by atoms with van der Waals surface area (Å²) in [7, 11) is 0. The van der Waals surface area contributed by atoms with Gasteiger partial charge in [0, 0.05) is 5.56 Å². The van der Waals surface area contributed by atoms with Crippen LogP contribution in [0, 0.1) is 0 Å². The van der Waals surface area contributed by atoms with E-state index in [1.54, 1.807) is 36.4 Å². The zero-order valence-corrected chi connectivity index (χ0v) is 14.7. The second-order valence-electron chi connectivity index (χ2n) is 5.81. The van der Waals surface area contributed by atoms with Gasteiger partial charge in [0.2, 0.25) is 6.10 Å². The van der Waals surface area contributed by atoms with Gasteiger partial charge in [0.25, 0.3) is 0 Å². The Kier molecular flexibility index (Phi) is 7.20. The lowest BCUT2D eigenvalue weighted by molar-refractivity contribution is -0.154. The van der Waals surface area contributed by atoms with Gasteiger partial charge in [-0.3, -0.25) is 0 Å². The van der Waals surface area contributed by atoms with Crippen LogP contribution in [0.15, 0.2) is 54.6 Å². The number of ether oxygens (including phenoxy) is 2. The number of hydrogen-bond donors (Lipinski definition) is 0. The zero-order valence-electron chi connectivity index (χ0n) is 14.7. The van der Waals surface area contributed by atoms with Crippen molar-refractivity contribution in [2.75, 3.05) is 6.61 Å². The second-order valence-corrected chi connectivity index (χ2v) is 5.81. The number of esters is 2. The molecular formula is C21H24O4. The van der Waals surface area contributed by atoms with E-state index in [2.05, 4.69) is 6.92 Å². The molecular weight excluding hydrogens is 316 g/mol. The van der Waals surface area contributed by atoms with Crippen LogP contribution in [-0.4, -0.2) is 18.5 Å². The van der Waals surface area contributed by atoms with Gasteiger partial charge in [-0.2, -0.15) is 0 Å². The van der Waals surface area contributed by atoms with Gasteiger partial charge in [-0.25, -0.2) is 9.59 Å². The van der Waals surface area contributed by atoms with Gasteiger partial charge in [0.1, 0.15) is 0 Å². The van der Waals surface area contributed by atoms with E-state index < -0.39 is 18.0 Å². The number of rotatable bonds is 8. The molecule has 0 bridgehead atoms. The number of aryl methyl sites for hydroxylation is 1. The lowest BCUT2D eigenvalue weighted by atomic mass is 10.1. The number of benzene rings is 2. The molecule has 0 saturated heterocycles. The first-order valence-electron chi connectivity index (χ1n) is 8.67. The van der Waals surface area contributed by atoms with Gasteiger partial charge >= 0.3 is 11.9 Å². The fraction of sp³-hybridized carbons (Fsp3) is 0.333. The Morgan fingerprint density at radius 1 is 0.920 bits per heavy atom. The van der Waals surface area contributed by atoms with Crippen LogP contribution < -0.4 is 0 Å². The van der Waals surface area contributed by atoms with Gasteiger partial charge in [0.15, 0.2) is 0 Å². The number of carbonyl (C=O) groups is 2. The molecule has 0 spiro atoms. The fourth-order valence-electron chi connectivity index (χ4n) is 2.43. The van der Waals surface area contributed by atoms with Crippen molar-refractivity contribution in [3.05, 3.63) is 71.3 Å². The Morgan fingerprint density at radius 3 is 2.20 bits per heavy atom. The van der Waals surface area contributed by atoms with E-state index in [4.69, 9.17) is 9.47 Å². The molecule has 132 valence electrons. The highest BCUT2D eigenvalue weighted by Gasteiger charge is 2.27. The highest BCUT2D eigenvalue weighted by molar-refractivity contribution is 5.91. The quantitative estimate of drug-likeness (QED) is 0.664. The maximum absolute atomic E-state index is 12.4. The molecule has 0 heterocycles. The molecule has 0 fully saturated rings. The second kappa shape index (κ2) is 9.62. The number of carbonyl (C=O) groups excluding carboxylic acids is 2. The zero-order chi connectivity index (χ0) is 18.1. The van der Waals surface area contributed by atoms with Crippen molar-refractivity contribution < 1.29 is 19.1 Å². The largest absolute Gasteiger partial charge is 0.463 e. The summed E-state index contributed by atoms with van der Waals surface area (Å²) >= 11 is 0. The lowest BCUT2D eigenvalue weighted by Crippen LogP contribution is -2.22. The SMILES string of the molecule is CCCOC(=O)C(OC(=O)c1ccc(CCC)cc1)c1ccccc1. The standard InChI is InChI=1S/C21H24O4/c1-3-8-16-11-13-18(14-12-16)20(22)25-19(21(23)24-15-4-2)17-9-6-5-7-10-17/h5-7,9-14,19H,3-4,8,15H2,1-2H3. The van der Waals surface area contributed by atoms with Crippen LogP contribution in [0.2, 0.25) is 0 Å². The normalized spacial score (nSPS) is 11.6. The first kappa shape index (κ1) is 18.7. The highest BCUT2D eigenvalue weighted by Crippen LogP contribution is 2.21. The molecule has 0 amide bonds. The minimum Gasteiger partial charge on any atom is -0.463 e. The van der Waals surface area contributed by atoms with Crippen LogP contribution in [-0.2, 0) is 20.7 Å². The molecule has 2 aromatic rings. The molecule has 25 heavy (non-hydrogen) atoms. The molecule has 0 radical (unpaired) electrons. The molecule has 0 aromatic heterocycles. The first-order chi connectivity index (χ1) is 12.2. The highest BCUT2D eigenvalue weighted by atomic mass is 16.6. The molecule has 4 nitrogen and oxygen atoms in total. The molecule has 0 N–H and O–H groups in total. The van der Waals surface area contributed by atoms with Crippen LogP contribution in [0.5, 0.6) is 0 Å². The Hall–Kier alpha value is -2.62. The minimum atomic E-state index is -1.06. The average Bonchev–Trinajstić information content (AvgIpc) is 2.65. The van der Waals surface area contributed by atoms with Gasteiger partial charge in [-0.1, -0.05) is 62.7 Å². The third-order valence-electron chi connectivity index (χ3n) is 3.72. The van der Waals surface area contributed by atoms with Crippen molar-refractivity contribution in [3.8, 4) is 0 Å². The molecule has 1 unspecified atom stereocenters. The molecule has 2 rings (SSSR count). The molecule has 0 aliphatic rings. The third kappa shape index (κ3) is 5.45. The summed E-state index contributed by atoms with van der Waals surface area (Å²) in [6, 6.07) is 16.2. The molecule has 2 aromatic carbocycles. The van der Waals surface area contributed by atoms with Gasteiger partial charge in [-0.05, 0) is 30.5 Å². The molecule has 1 atom stereocenters. The van der Waals surface area contributed by atoms with Crippen LogP contribution in [0.1, 0.15) is 54.3 Å². The Morgan fingerprint density at radius 2 is 1.60 bits per heavy atom. The predicted octanol–water partition coefficient (Wildman–Crippen LogP) is 4.49. The van der Waals surface area contributed by atoms with E-state index in [1.807, 2.05) is 25.1 Å². The van der Waals surface area contributed by atoms with E-state index in [0.717, 1.165) is 12.8 Å². The Balaban J connectivity index is 2.14. The van der Waals surface area contributed by atoms with Crippen molar-refractivity contribution >= 4 is 11.9 Å². The van der Waals surface area contributed by atoms with Crippen molar-refractivity contribution in [3.63, 3.8) is 0 Å². The summed E-state index contributed by atoms with van der Waals surface area (Å²) in [5, 5.41) is 0. The van der Waals surface area contributed by atoms with E-state index in [-0.39, 0.29) is 0 Å². The molecule has 0 saturated carbocycles. The predicted molar refractivity (Wildman–Crippen MR) is 96.3 cm³/mol. The fourth-order valence-corrected chi connectivity index (χ4v) is 2.43. The van der Waals surface area contributed by atoms with E-state index in [1.165, 1.54) is 5.56 Å². The van der Waals surface area contributed by atoms with Gasteiger partial charge in [-0.15, -0.1) is 0 Å². The summed E-state index contributed by atoms with van der Waals surface area (Å²) < 4.78 is 10.6. The Labute approximate surface area is 148 Å². The van der Waals surface area contributed by atoms with Crippen molar-refractivity contribution in [1.82, 2.24) is 0 Å². The van der Waals surface area contributed by atoms with E-state index in [9.17, 15) is 9.59 Å². The smallest absolute Gasteiger partial charge is 0.352 e. The lowest BCUT2D eigenvalue weighted by Gasteiger charge is -2.17. The van der Waals surface area contributed by atoms with Crippen molar-refractivity contribution in [2.45, 2.75) is 39.2 Å². The third-order valence-corrected chi connectivity index (χ3v) is 3.72. The van der Waals surface area contributed by atoms with Crippen LogP contribution >= 0.6 is 0 Å². The maximum Gasteiger partial charge on any atom is 0.352 e. The summed E-state index contributed by atoms with van der Waals surface area (Å²) in [5.74, 6) is -1.09. The van der Waals surface area contributed by atoms with E-state index in [0.29, 0.717) is 24.2 Å². The van der Waals surface area contributed by atoms with Gasteiger partial charge in [0.05, 0.1) is 12.2 Å². The maximum atomic E-state index is 12.4. The average molecular weight is 340 g/mol. The molecule has 0 aliphatic carbocycles.